The van der Waals surface area contributed by atoms with Gasteiger partial charge < -0.3 is 14.2 Å². The van der Waals surface area contributed by atoms with Crippen LogP contribution in [0.5, 0.6) is 11.5 Å². The summed E-state index contributed by atoms with van der Waals surface area (Å²) < 4.78 is 16.6. The van der Waals surface area contributed by atoms with Gasteiger partial charge in [0.2, 0.25) is 0 Å². The third kappa shape index (κ3) is 4.70. The number of methoxy groups -OCH3 is 2. The van der Waals surface area contributed by atoms with Crippen molar-refractivity contribution in [1.29, 1.82) is 0 Å². The first-order chi connectivity index (χ1) is 15.7. The Balaban J connectivity index is 1.66. The van der Waals surface area contributed by atoms with Gasteiger partial charge >= 0.3 is 6.09 Å². The summed E-state index contributed by atoms with van der Waals surface area (Å²) in [7, 11) is 3.22. The van der Waals surface area contributed by atoms with E-state index < -0.39 is 6.04 Å². The predicted molar refractivity (Wildman–Crippen MR) is 123 cm³/mol. The molecule has 3 aromatic carbocycles. The quantitative estimate of drug-likeness (QED) is 0.551. The van der Waals surface area contributed by atoms with E-state index in [0.717, 1.165) is 22.3 Å². The molecular weight excluding hydrogens is 402 g/mol. The van der Waals surface area contributed by atoms with E-state index in [2.05, 4.69) is 11.8 Å². The van der Waals surface area contributed by atoms with Crippen LogP contribution in [0.4, 0.5) is 4.79 Å². The maximum Gasteiger partial charge on any atom is 0.411 e. The highest BCUT2D eigenvalue weighted by Gasteiger charge is 2.32. The standard InChI is InChI=1S/C27H25NO4/c1-30-25-17-22-15-16-28(27(29)32-19-21-11-7-4-8-12-21)24(23(22)18-26(25)31-2)14-13-20-9-5-3-6-10-20/h3-12,17-18,24H,15-16,19H2,1-2H3/t24-/m0/s1. The van der Waals surface area contributed by atoms with Crippen molar-refractivity contribution in [2.24, 2.45) is 0 Å². The normalized spacial score (nSPS) is 14.6. The van der Waals surface area contributed by atoms with Gasteiger partial charge in [-0.25, -0.2) is 4.79 Å². The molecule has 0 N–H and O–H groups in total. The molecule has 0 bridgehead atoms. The number of benzene rings is 3. The summed E-state index contributed by atoms with van der Waals surface area (Å²) in [4.78, 5) is 14.7. The highest BCUT2D eigenvalue weighted by Crippen LogP contribution is 2.38. The first kappa shape index (κ1) is 21.3. The maximum absolute atomic E-state index is 13.1. The molecule has 5 heteroatoms. The topological polar surface area (TPSA) is 48.0 Å². The highest BCUT2D eigenvalue weighted by atomic mass is 16.6. The van der Waals surface area contributed by atoms with Crippen LogP contribution in [0.15, 0.2) is 72.8 Å². The molecule has 0 aliphatic carbocycles. The third-order valence-corrected chi connectivity index (χ3v) is 5.44. The van der Waals surface area contributed by atoms with Crippen molar-refractivity contribution < 1.29 is 19.0 Å². The van der Waals surface area contributed by atoms with Gasteiger partial charge in [0.1, 0.15) is 12.6 Å². The molecule has 1 aliphatic heterocycles. The largest absolute Gasteiger partial charge is 0.493 e. The van der Waals surface area contributed by atoms with Gasteiger partial charge in [0, 0.05) is 12.1 Å². The lowest BCUT2D eigenvalue weighted by molar-refractivity contribution is 0.0861. The number of nitrogens with zero attached hydrogens (tertiary/aromatic N) is 1. The molecule has 0 aromatic heterocycles. The number of hydrogen-bond acceptors (Lipinski definition) is 4. The molecule has 4 rings (SSSR count). The molecule has 0 saturated heterocycles. The maximum atomic E-state index is 13.1. The molecule has 1 amide bonds. The van der Waals surface area contributed by atoms with Gasteiger partial charge in [0.05, 0.1) is 14.2 Å². The van der Waals surface area contributed by atoms with Crippen LogP contribution in [0.1, 0.15) is 28.3 Å². The van der Waals surface area contributed by atoms with Gasteiger partial charge in [-0.05, 0) is 47.4 Å². The summed E-state index contributed by atoms with van der Waals surface area (Å²) >= 11 is 0. The molecule has 3 aromatic rings. The smallest absolute Gasteiger partial charge is 0.411 e. The van der Waals surface area contributed by atoms with Crippen molar-refractivity contribution >= 4 is 6.09 Å². The zero-order chi connectivity index (χ0) is 22.3. The second-order valence-corrected chi connectivity index (χ2v) is 7.43. The highest BCUT2D eigenvalue weighted by molar-refractivity contribution is 5.70. The molecule has 5 nitrogen and oxygen atoms in total. The molecule has 0 spiro atoms. The summed E-state index contributed by atoms with van der Waals surface area (Å²) in [6.45, 7) is 0.720. The molecular formula is C27H25NO4. The van der Waals surface area contributed by atoms with Crippen molar-refractivity contribution in [3.05, 3.63) is 95.1 Å². The second kappa shape index (κ2) is 9.93. The number of rotatable bonds is 4. The molecule has 32 heavy (non-hydrogen) atoms. The van der Waals surface area contributed by atoms with E-state index in [1.165, 1.54) is 0 Å². The lowest BCUT2D eigenvalue weighted by Gasteiger charge is -2.34. The molecule has 0 saturated carbocycles. The van der Waals surface area contributed by atoms with Gasteiger partial charge in [-0.15, -0.1) is 0 Å². The molecule has 162 valence electrons. The van der Waals surface area contributed by atoms with Crippen molar-refractivity contribution in [1.82, 2.24) is 4.90 Å². The Kier molecular flexibility index (Phi) is 6.62. The number of carbonyl (C=O) groups is 1. The fourth-order valence-corrected chi connectivity index (χ4v) is 3.77. The minimum atomic E-state index is -0.456. The minimum Gasteiger partial charge on any atom is -0.493 e. The Bertz CT molecular complexity index is 1130. The van der Waals surface area contributed by atoms with Crippen molar-refractivity contribution in [3.8, 4) is 23.3 Å². The fourth-order valence-electron chi connectivity index (χ4n) is 3.77. The summed E-state index contributed by atoms with van der Waals surface area (Å²) in [5.41, 5.74) is 3.84. The van der Waals surface area contributed by atoms with Gasteiger partial charge in [-0.2, -0.15) is 0 Å². The van der Waals surface area contributed by atoms with Gasteiger partial charge in [-0.1, -0.05) is 60.4 Å². The van der Waals surface area contributed by atoms with Crippen LogP contribution in [-0.2, 0) is 17.8 Å². The van der Waals surface area contributed by atoms with Crippen molar-refractivity contribution in [2.45, 2.75) is 19.1 Å². The van der Waals surface area contributed by atoms with E-state index >= 15 is 0 Å². The number of hydrogen-bond donors (Lipinski definition) is 0. The Morgan fingerprint density at radius 1 is 0.969 bits per heavy atom. The molecule has 1 aliphatic rings. The van der Waals surface area contributed by atoms with Crippen LogP contribution in [0.2, 0.25) is 0 Å². The van der Waals surface area contributed by atoms with Gasteiger partial charge in [0.25, 0.3) is 0 Å². The van der Waals surface area contributed by atoms with E-state index in [1.807, 2.05) is 72.8 Å². The molecule has 1 atom stereocenters. The fraction of sp³-hybridized carbons (Fsp3) is 0.222. The van der Waals surface area contributed by atoms with E-state index in [9.17, 15) is 4.79 Å². The average molecular weight is 428 g/mol. The van der Waals surface area contributed by atoms with Crippen LogP contribution in [-0.4, -0.2) is 31.8 Å². The van der Waals surface area contributed by atoms with Gasteiger partial charge in [-0.3, -0.25) is 4.90 Å². The molecule has 0 radical (unpaired) electrons. The summed E-state index contributed by atoms with van der Waals surface area (Å²) in [6.07, 6.45) is 0.293. The van der Waals surface area contributed by atoms with Crippen LogP contribution < -0.4 is 9.47 Å². The number of fused-ring (bicyclic) bond motifs is 1. The second-order valence-electron chi connectivity index (χ2n) is 7.43. The van der Waals surface area contributed by atoms with Crippen LogP contribution >= 0.6 is 0 Å². The average Bonchev–Trinajstić information content (AvgIpc) is 2.86. The molecule has 1 heterocycles. The van der Waals surface area contributed by atoms with Crippen LogP contribution in [0.3, 0.4) is 0 Å². The van der Waals surface area contributed by atoms with E-state index in [-0.39, 0.29) is 12.7 Å². The summed E-state index contributed by atoms with van der Waals surface area (Å²) in [5, 5.41) is 0. The van der Waals surface area contributed by atoms with Gasteiger partial charge in [0.15, 0.2) is 11.5 Å². The first-order valence-electron chi connectivity index (χ1n) is 10.5. The van der Waals surface area contributed by atoms with Crippen LogP contribution in [0, 0.1) is 11.8 Å². The zero-order valence-corrected chi connectivity index (χ0v) is 18.2. The summed E-state index contributed by atoms with van der Waals surface area (Å²) in [6, 6.07) is 22.8. The van der Waals surface area contributed by atoms with E-state index in [4.69, 9.17) is 14.2 Å². The Labute approximate surface area is 188 Å². The molecule has 0 fully saturated rings. The first-order valence-corrected chi connectivity index (χ1v) is 10.5. The minimum absolute atomic E-state index is 0.216. The van der Waals surface area contributed by atoms with Crippen LogP contribution in [0.25, 0.3) is 0 Å². The number of amides is 1. The number of carbonyl (C=O) groups excluding carboxylic acids is 1. The molecule has 0 unspecified atom stereocenters. The van der Waals surface area contributed by atoms with E-state index in [0.29, 0.717) is 24.5 Å². The van der Waals surface area contributed by atoms with Crippen molar-refractivity contribution in [3.63, 3.8) is 0 Å². The SMILES string of the molecule is COc1cc2c(cc1OC)[C@H](C#Cc1ccccc1)N(C(=O)OCc1ccccc1)CC2. The Hall–Kier alpha value is -3.91. The van der Waals surface area contributed by atoms with E-state index in [1.54, 1.807) is 19.1 Å². The zero-order valence-electron chi connectivity index (χ0n) is 18.2. The third-order valence-electron chi connectivity index (χ3n) is 5.44. The van der Waals surface area contributed by atoms with Crippen molar-refractivity contribution in [2.75, 3.05) is 20.8 Å². The number of ether oxygens (including phenoxy) is 3. The lowest BCUT2D eigenvalue weighted by atomic mass is 9.92. The Morgan fingerprint density at radius 3 is 2.31 bits per heavy atom. The Morgan fingerprint density at radius 2 is 1.62 bits per heavy atom. The summed E-state index contributed by atoms with van der Waals surface area (Å²) in [5.74, 6) is 7.78. The lowest BCUT2D eigenvalue weighted by Crippen LogP contribution is -2.40. The monoisotopic (exact) mass is 427 g/mol. The predicted octanol–water partition coefficient (Wildman–Crippen LogP) is 4.99.